The second-order valence-electron chi connectivity index (χ2n) is 4.98. The lowest BCUT2D eigenvalue weighted by Gasteiger charge is -2.18. The Bertz CT molecular complexity index is 640. The predicted octanol–water partition coefficient (Wildman–Crippen LogP) is 3.41. The molecule has 1 heterocycles. The van der Waals surface area contributed by atoms with Gasteiger partial charge in [-0.1, -0.05) is 6.07 Å². The van der Waals surface area contributed by atoms with E-state index in [2.05, 4.69) is 4.98 Å². The molecule has 1 aromatic heterocycles. The fourth-order valence-electron chi connectivity index (χ4n) is 1.61. The van der Waals surface area contributed by atoms with Crippen molar-refractivity contribution in [3.63, 3.8) is 0 Å². The maximum atomic E-state index is 13.2. The van der Waals surface area contributed by atoms with E-state index >= 15 is 0 Å². The van der Waals surface area contributed by atoms with Gasteiger partial charge in [0.25, 0.3) is 0 Å². The van der Waals surface area contributed by atoms with Crippen molar-refractivity contribution in [3.8, 4) is 0 Å². The summed E-state index contributed by atoms with van der Waals surface area (Å²) in [5.74, 6) is -1.25. The molecule has 0 fully saturated rings. The Kier molecular flexibility index (Phi) is 3.76. The number of carboxylic acid groups (broad SMARTS) is 1. The Morgan fingerprint density at radius 1 is 1.45 bits per heavy atom. The van der Waals surface area contributed by atoms with Crippen LogP contribution in [0.2, 0.25) is 0 Å². The van der Waals surface area contributed by atoms with Gasteiger partial charge in [-0.15, -0.1) is 11.3 Å². The molecule has 0 aliphatic heterocycles. The quantitative estimate of drug-likeness (QED) is 0.939. The van der Waals surface area contributed by atoms with Gasteiger partial charge in [0.1, 0.15) is 11.2 Å². The number of carboxylic acids is 1. The Morgan fingerprint density at radius 2 is 2.15 bits per heavy atom. The molecule has 106 valence electrons. The van der Waals surface area contributed by atoms with Crippen molar-refractivity contribution in [2.24, 2.45) is 0 Å². The Morgan fingerprint density at radius 3 is 2.75 bits per heavy atom. The number of nitrogens with zero attached hydrogens (tertiary/aromatic N) is 2. The standard InChI is InChI=1S/C14H15FN2O2S/c1-14(2,12(18)19)11-8-20-13(16-11)17(3)10-6-4-5-9(15)7-10/h4-8H,1-3H3,(H,18,19). The van der Waals surface area contributed by atoms with Crippen molar-refractivity contribution in [2.45, 2.75) is 19.3 Å². The molecule has 6 heteroatoms. The maximum absolute atomic E-state index is 13.2. The highest BCUT2D eigenvalue weighted by Gasteiger charge is 2.32. The zero-order chi connectivity index (χ0) is 14.9. The van der Waals surface area contributed by atoms with Crippen LogP contribution in [0.15, 0.2) is 29.6 Å². The van der Waals surface area contributed by atoms with Crippen LogP contribution in [-0.4, -0.2) is 23.1 Å². The smallest absolute Gasteiger partial charge is 0.315 e. The number of halogens is 1. The fourth-order valence-corrected chi connectivity index (χ4v) is 2.59. The van der Waals surface area contributed by atoms with Gasteiger partial charge < -0.3 is 10.0 Å². The summed E-state index contributed by atoms with van der Waals surface area (Å²) in [4.78, 5) is 17.3. The van der Waals surface area contributed by atoms with Crippen LogP contribution in [0.1, 0.15) is 19.5 Å². The van der Waals surface area contributed by atoms with E-state index in [1.165, 1.54) is 23.5 Å². The average Bonchev–Trinajstić information content (AvgIpc) is 2.87. The van der Waals surface area contributed by atoms with Crippen LogP contribution >= 0.6 is 11.3 Å². The summed E-state index contributed by atoms with van der Waals surface area (Å²) in [6, 6.07) is 6.17. The van der Waals surface area contributed by atoms with Crippen molar-refractivity contribution in [1.82, 2.24) is 4.98 Å². The summed E-state index contributed by atoms with van der Waals surface area (Å²) >= 11 is 1.33. The Balaban J connectivity index is 2.31. The molecule has 0 atom stereocenters. The number of aliphatic carboxylic acids is 1. The van der Waals surface area contributed by atoms with Gasteiger partial charge in [-0.3, -0.25) is 4.79 Å². The summed E-state index contributed by atoms with van der Waals surface area (Å²) in [6.07, 6.45) is 0. The van der Waals surface area contributed by atoms with Crippen molar-refractivity contribution in [2.75, 3.05) is 11.9 Å². The minimum Gasteiger partial charge on any atom is -0.481 e. The molecule has 0 aliphatic carbocycles. The molecule has 0 bridgehead atoms. The van der Waals surface area contributed by atoms with Crippen LogP contribution in [0.5, 0.6) is 0 Å². The number of hydrogen-bond acceptors (Lipinski definition) is 4. The first kappa shape index (κ1) is 14.5. The lowest BCUT2D eigenvalue weighted by atomic mass is 9.90. The van der Waals surface area contributed by atoms with E-state index in [0.29, 0.717) is 16.5 Å². The van der Waals surface area contributed by atoms with E-state index in [-0.39, 0.29) is 5.82 Å². The van der Waals surface area contributed by atoms with Gasteiger partial charge in [0.15, 0.2) is 5.13 Å². The largest absolute Gasteiger partial charge is 0.481 e. The van der Waals surface area contributed by atoms with Gasteiger partial charge >= 0.3 is 5.97 Å². The molecule has 20 heavy (non-hydrogen) atoms. The predicted molar refractivity (Wildman–Crippen MR) is 77.2 cm³/mol. The van der Waals surface area contributed by atoms with Crippen molar-refractivity contribution in [1.29, 1.82) is 0 Å². The van der Waals surface area contributed by atoms with Gasteiger partial charge in [-0.25, -0.2) is 9.37 Å². The maximum Gasteiger partial charge on any atom is 0.315 e. The third-order valence-electron chi connectivity index (χ3n) is 3.15. The minimum atomic E-state index is -1.04. The SMILES string of the molecule is CN(c1cccc(F)c1)c1nc(C(C)(C)C(=O)O)cs1. The second kappa shape index (κ2) is 5.20. The first-order valence-electron chi connectivity index (χ1n) is 6.01. The molecule has 0 amide bonds. The monoisotopic (exact) mass is 294 g/mol. The lowest BCUT2D eigenvalue weighted by Crippen LogP contribution is -2.29. The highest BCUT2D eigenvalue weighted by atomic mass is 32.1. The number of aromatic nitrogens is 1. The summed E-state index contributed by atoms with van der Waals surface area (Å²) in [5, 5.41) is 11.5. The van der Waals surface area contributed by atoms with Gasteiger partial charge in [0, 0.05) is 18.1 Å². The first-order chi connectivity index (χ1) is 9.32. The van der Waals surface area contributed by atoms with Crippen molar-refractivity contribution < 1.29 is 14.3 Å². The second-order valence-corrected chi connectivity index (χ2v) is 5.82. The molecular weight excluding hydrogens is 279 g/mol. The van der Waals surface area contributed by atoms with Gasteiger partial charge in [0.2, 0.25) is 0 Å². The summed E-state index contributed by atoms with van der Waals surface area (Å²) in [5.41, 5.74) is 0.115. The van der Waals surface area contributed by atoms with Crippen LogP contribution in [0.4, 0.5) is 15.2 Å². The molecule has 1 N–H and O–H groups in total. The van der Waals surface area contributed by atoms with Crippen LogP contribution in [0.3, 0.4) is 0 Å². The molecule has 0 aliphatic rings. The van der Waals surface area contributed by atoms with E-state index in [9.17, 15) is 14.3 Å². The molecule has 0 unspecified atom stereocenters. The number of hydrogen-bond donors (Lipinski definition) is 1. The van der Waals surface area contributed by atoms with Crippen molar-refractivity contribution >= 4 is 28.1 Å². The van der Waals surface area contributed by atoms with Crippen LogP contribution in [-0.2, 0) is 10.2 Å². The minimum absolute atomic E-state index is 0.322. The highest BCUT2D eigenvalue weighted by molar-refractivity contribution is 7.13. The van der Waals surface area contributed by atoms with E-state index in [1.54, 1.807) is 43.3 Å². The number of benzene rings is 1. The van der Waals surface area contributed by atoms with Gasteiger partial charge in [-0.05, 0) is 32.0 Å². The van der Waals surface area contributed by atoms with E-state index in [4.69, 9.17) is 0 Å². The summed E-state index contributed by atoms with van der Waals surface area (Å²) < 4.78 is 13.2. The van der Waals surface area contributed by atoms with Gasteiger partial charge in [-0.2, -0.15) is 0 Å². The average molecular weight is 294 g/mol. The fraction of sp³-hybridized carbons (Fsp3) is 0.286. The molecule has 0 saturated carbocycles. The highest BCUT2D eigenvalue weighted by Crippen LogP contribution is 2.32. The van der Waals surface area contributed by atoms with Gasteiger partial charge in [0.05, 0.1) is 5.69 Å². The molecule has 0 saturated heterocycles. The topological polar surface area (TPSA) is 53.4 Å². The van der Waals surface area contributed by atoms with Crippen molar-refractivity contribution in [3.05, 3.63) is 41.2 Å². The summed E-state index contributed by atoms with van der Waals surface area (Å²) in [7, 11) is 1.77. The number of thiazole rings is 1. The number of rotatable bonds is 4. The normalized spacial score (nSPS) is 11.4. The zero-order valence-electron chi connectivity index (χ0n) is 11.4. The number of carbonyl (C=O) groups is 1. The van der Waals surface area contributed by atoms with Crippen LogP contribution in [0.25, 0.3) is 0 Å². The molecule has 2 rings (SSSR count). The molecular formula is C14H15FN2O2S. The Labute approximate surface area is 120 Å². The molecule has 4 nitrogen and oxygen atoms in total. The molecule has 0 radical (unpaired) electrons. The lowest BCUT2D eigenvalue weighted by molar-refractivity contribution is -0.142. The molecule has 2 aromatic rings. The third kappa shape index (κ3) is 2.65. The van der Waals surface area contributed by atoms with Crippen LogP contribution in [0, 0.1) is 5.82 Å². The molecule has 1 aromatic carbocycles. The van der Waals surface area contributed by atoms with E-state index < -0.39 is 11.4 Å². The summed E-state index contributed by atoms with van der Waals surface area (Å²) in [6.45, 7) is 3.21. The Hall–Kier alpha value is -1.95. The number of anilines is 2. The third-order valence-corrected chi connectivity index (χ3v) is 4.07. The van der Waals surface area contributed by atoms with E-state index in [1.807, 2.05) is 0 Å². The van der Waals surface area contributed by atoms with Crippen LogP contribution < -0.4 is 4.90 Å². The molecule has 0 spiro atoms. The first-order valence-corrected chi connectivity index (χ1v) is 6.89. The van der Waals surface area contributed by atoms with E-state index in [0.717, 1.165) is 0 Å². The zero-order valence-corrected chi connectivity index (χ0v) is 12.2.